The molecule has 0 aromatic carbocycles. The van der Waals surface area contributed by atoms with Crippen molar-refractivity contribution < 1.29 is 14.6 Å². The molecule has 1 aromatic heterocycles. The van der Waals surface area contributed by atoms with E-state index in [2.05, 4.69) is 23.8 Å². The van der Waals surface area contributed by atoms with Crippen LogP contribution in [0.1, 0.15) is 37.4 Å². The normalized spacial score (nSPS) is 24.3. The maximum atomic E-state index is 11.7. The molecule has 1 spiro atoms. The van der Waals surface area contributed by atoms with Crippen molar-refractivity contribution in [3.05, 3.63) is 17.5 Å². The number of rotatable bonds is 5. The van der Waals surface area contributed by atoms with E-state index in [0.29, 0.717) is 19.8 Å². The highest BCUT2D eigenvalue weighted by Crippen LogP contribution is 2.44. The molecule has 0 saturated carbocycles. The zero-order chi connectivity index (χ0) is 16.4. The zero-order valence-electron chi connectivity index (χ0n) is 14.1. The van der Waals surface area contributed by atoms with Crippen LogP contribution in [-0.2, 0) is 22.6 Å². The van der Waals surface area contributed by atoms with Gasteiger partial charge in [0.2, 0.25) is 0 Å². The molecule has 0 bridgehead atoms. The summed E-state index contributed by atoms with van der Waals surface area (Å²) in [6, 6.07) is 0. The lowest BCUT2D eigenvalue weighted by molar-refractivity contribution is -0.146. The number of aryl methyl sites for hydroxylation is 1. The van der Waals surface area contributed by atoms with Crippen molar-refractivity contribution in [2.45, 2.75) is 46.2 Å². The summed E-state index contributed by atoms with van der Waals surface area (Å²) < 4.78 is 7.51. The first-order valence-electron chi connectivity index (χ1n) is 8.60. The van der Waals surface area contributed by atoms with Crippen LogP contribution in [0.3, 0.4) is 0 Å². The van der Waals surface area contributed by atoms with Gasteiger partial charge in [0.05, 0.1) is 12.1 Å². The Morgan fingerprint density at radius 3 is 2.87 bits per heavy atom. The smallest absolute Gasteiger partial charge is 0.308 e. The molecule has 1 atom stereocenters. The molecule has 3 heterocycles. The molecule has 6 heteroatoms. The fourth-order valence-corrected chi connectivity index (χ4v) is 4.14. The highest BCUT2D eigenvalue weighted by molar-refractivity contribution is 5.72. The number of carboxylic acid groups (broad SMARTS) is 1. The monoisotopic (exact) mass is 321 g/mol. The van der Waals surface area contributed by atoms with Gasteiger partial charge in [0.25, 0.3) is 0 Å². The molecule has 128 valence electrons. The second kappa shape index (κ2) is 6.61. The maximum absolute atomic E-state index is 11.7. The van der Waals surface area contributed by atoms with Gasteiger partial charge in [-0.3, -0.25) is 14.4 Å². The van der Waals surface area contributed by atoms with Crippen LogP contribution in [0, 0.1) is 18.3 Å². The summed E-state index contributed by atoms with van der Waals surface area (Å²) in [4.78, 5) is 14.0. The van der Waals surface area contributed by atoms with Crippen molar-refractivity contribution in [3.63, 3.8) is 0 Å². The lowest BCUT2D eigenvalue weighted by Gasteiger charge is -2.36. The molecule has 1 N–H and O–H groups in total. The number of hydrogen-bond acceptors (Lipinski definition) is 4. The van der Waals surface area contributed by atoms with Gasteiger partial charge in [-0.05, 0) is 26.2 Å². The molecule has 1 unspecified atom stereocenters. The largest absolute Gasteiger partial charge is 0.481 e. The Labute approximate surface area is 137 Å². The number of likely N-dealkylation sites (tertiary alicyclic amines) is 1. The maximum Gasteiger partial charge on any atom is 0.308 e. The lowest BCUT2D eigenvalue weighted by atomic mass is 9.72. The van der Waals surface area contributed by atoms with Gasteiger partial charge in [-0.25, -0.2) is 0 Å². The molecular formula is C17H27N3O3. The molecule has 0 amide bonds. The van der Waals surface area contributed by atoms with Gasteiger partial charge in [-0.1, -0.05) is 6.92 Å². The minimum absolute atomic E-state index is 0.114. The molecule has 1 aromatic rings. The molecular weight excluding hydrogens is 294 g/mol. The van der Waals surface area contributed by atoms with Crippen LogP contribution in [0.25, 0.3) is 0 Å². The van der Waals surface area contributed by atoms with E-state index in [-0.39, 0.29) is 11.3 Å². The summed E-state index contributed by atoms with van der Waals surface area (Å²) in [6.45, 7) is 8.84. The van der Waals surface area contributed by atoms with Crippen LogP contribution in [-0.4, -0.2) is 52.1 Å². The molecule has 0 radical (unpaired) electrons. The number of carboxylic acids is 1. The van der Waals surface area contributed by atoms with Crippen LogP contribution in [0.15, 0.2) is 6.20 Å². The van der Waals surface area contributed by atoms with Crippen LogP contribution in [0.2, 0.25) is 0 Å². The van der Waals surface area contributed by atoms with E-state index in [1.165, 1.54) is 11.3 Å². The van der Waals surface area contributed by atoms with E-state index >= 15 is 0 Å². The topological polar surface area (TPSA) is 67.6 Å². The standard InChI is InChI=1S/C17H27N3O3/c1-3-6-20-13(2)14(9-18-20)10-19-11-15(16(21)22)17(12-19)4-7-23-8-5-17/h9,15H,3-8,10-12H2,1-2H3,(H,21,22). The lowest BCUT2D eigenvalue weighted by Crippen LogP contribution is -2.40. The van der Waals surface area contributed by atoms with Gasteiger partial charge in [0.1, 0.15) is 0 Å². The third kappa shape index (κ3) is 3.15. The van der Waals surface area contributed by atoms with E-state index in [1.54, 1.807) is 0 Å². The van der Waals surface area contributed by atoms with Crippen LogP contribution in [0.5, 0.6) is 0 Å². The van der Waals surface area contributed by atoms with Crippen LogP contribution in [0.4, 0.5) is 0 Å². The number of hydrogen-bond donors (Lipinski definition) is 1. The van der Waals surface area contributed by atoms with Crippen molar-refractivity contribution in [2.24, 2.45) is 11.3 Å². The van der Waals surface area contributed by atoms with Crippen molar-refractivity contribution in [1.29, 1.82) is 0 Å². The molecule has 6 nitrogen and oxygen atoms in total. The average molecular weight is 321 g/mol. The summed E-state index contributed by atoms with van der Waals surface area (Å²) >= 11 is 0. The number of carbonyl (C=O) groups is 1. The van der Waals surface area contributed by atoms with Gasteiger partial charge < -0.3 is 9.84 Å². The third-order valence-electron chi connectivity index (χ3n) is 5.54. The number of aliphatic carboxylic acids is 1. The molecule has 0 aliphatic carbocycles. The summed E-state index contributed by atoms with van der Waals surface area (Å²) in [5.74, 6) is -0.940. The molecule has 3 rings (SSSR count). The Kier molecular flexibility index (Phi) is 4.73. The van der Waals surface area contributed by atoms with Gasteiger partial charge in [0, 0.05) is 56.1 Å². The first-order chi connectivity index (χ1) is 11.1. The number of aromatic nitrogens is 2. The fourth-order valence-electron chi connectivity index (χ4n) is 4.14. The summed E-state index contributed by atoms with van der Waals surface area (Å²) in [7, 11) is 0. The Balaban J connectivity index is 1.73. The average Bonchev–Trinajstić information content (AvgIpc) is 3.04. The Bertz CT molecular complexity index is 563. The van der Waals surface area contributed by atoms with E-state index in [4.69, 9.17) is 4.74 Å². The number of ether oxygens (including phenoxy) is 1. The summed E-state index contributed by atoms with van der Waals surface area (Å²) in [5.41, 5.74) is 2.30. The highest BCUT2D eigenvalue weighted by atomic mass is 16.5. The predicted octanol–water partition coefficient (Wildman–Crippen LogP) is 1.91. The predicted molar refractivity (Wildman–Crippen MR) is 86.1 cm³/mol. The fraction of sp³-hybridized carbons (Fsp3) is 0.765. The Hall–Kier alpha value is -1.40. The molecule has 2 aliphatic rings. The third-order valence-corrected chi connectivity index (χ3v) is 5.54. The van der Waals surface area contributed by atoms with Gasteiger partial charge in [0.15, 0.2) is 0 Å². The summed E-state index contributed by atoms with van der Waals surface area (Å²) in [6.07, 6.45) is 4.72. The zero-order valence-corrected chi connectivity index (χ0v) is 14.1. The van der Waals surface area contributed by atoms with Gasteiger partial charge in [-0.15, -0.1) is 0 Å². The second-order valence-corrected chi connectivity index (χ2v) is 7.01. The van der Waals surface area contributed by atoms with E-state index in [9.17, 15) is 9.90 Å². The Morgan fingerprint density at radius 2 is 2.22 bits per heavy atom. The van der Waals surface area contributed by atoms with Crippen LogP contribution < -0.4 is 0 Å². The summed E-state index contributed by atoms with van der Waals surface area (Å²) in [5, 5.41) is 14.1. The molecule has 2 fully saturated rings. The second-order valence-electron chi connectivity index (χ2n) is 7.01. The quantitative estimate of drug-likeness (QED) is 0.897. The van der Waals surface area contributed by atoms with E-state index in [0.717, 1.165) is 38.9 Å². The van der Waals surface area contributed by atoms with Crippen molar-refractivity contribution in [3.8, 4) is 0 Å². The minimum Gasteiger partial charge on any atom is -0.481 e. The SMILES string of the molecule is CCCn1ncc(CN2CC(C(=O)O)C3(CCOCC3)C2)c1C. The van der Waals surface area contributed by atoms with Gasteiger partial charge in [-0.2, -0.15) is 5.10 Å². The van der Waals surface area contributed by atoms with Crippen molar-refractivity contribution >= 4 is 5.97 Å². The first kappa shape index (κ1) is 16.5. The highest BCUT2D eigenvalue weighted by Gasteiger charge is 2.50. The van der Waals surface area contributed by atoms with Crippen LogP contribution >= 0.6 is 0 Å². The van der Waals surface area contributed by atoms with Crippen molar-refractivity contribution in [1.82, 2.24) is 14.7 Å². The van der Waals surface area contributed by atoms with Crippen molar-refractivity contribution in [2.75, 3.05) is 26.3 Å². The molecule has 23 heavy (non-hydrogen) atoms. The molecule has 2 saturated heterocycles. The van der Waals surface area contributed by atoms with E-state index < -0.39 is 5.97 Å². The van der Waals surface area contributed by atoms with E-state index in [1.807, 2.05) is 10.9 Å². The van der Waals surface area contributed by atoms with Gasteiger partial charge >= 0.3 is 5.97 Å². The minimum atomic E-state index is -0.659. The molecule has 2 aliphatic heterocycles. The Morgan fingerprint density at radius 1 is 1.48 bits per heavy atom. The first-order valence-corrected chi connectivity index (χ1v) is 8.60. The number of nitrogens with zero attached hydrogens (tertiary/aromatic N) is 3.